The molecule has 1 saturated heterocycles. The van der Waals surface area contributed by atoms with Crippen molar-refractivity contribution in [2.24, 2.45) is 11.0 Å². The average Bonchev–Trinajstić information content (AvgIpc) is 3.06. The summed E-state index contributed by atoms with van der Waals surface area (Å²) in [5, 5.41) is 8.58. The lowest BCUT2D eigenvalue weighted by molar-refractivity contribution is -0.133. The molecule has 0 bridgehead atoms. The van der Waals surface area contributed by atoms with Crippen molar-refractivity contribution in [2.45, 2.75) is 65.0 Å². The minimum absolute atomic E-state index is 0.0575. The van der Waals surface area contributed by atoms with Crippen molar-refractivity contribution >= 4 is 27.4 Å². The van der Waals surface area contributed by atoms with E-state index in [-0.39, 0.29) is 53.8 Å². The van der Waals surface area contributed by atoms with E-state index in [0.29, 0.717) is 6.42 Å². The Morgan fingerprint density at radius 3 is 2.50 bits per heavy atom. The summed E-state index contributed by atoms with van der Waals surface area (Å²) >= 11 is 0. The first-order valence-electron chi connectivity index (χ1n) is 10.7. The summed E-state index contributed by atoms with van der Waals surface area (Å²) in [6.45, 7) is 6.24. The molecule has 0 radical (unpaired) electrons. The van der Waals surface area contributed by atoms with Crippen LogP contribution in [0.1, 0.15) is 63.6 Å². The number of nitrogens with one attached hydrogen (secondary N) is 1. The zero-order chi connectivity index (χ0) is 21.9. The molecule has 2 aliphatic rings. The topological polar surface area (TPSA) is 95.9 Å². The Hall–Kier alpha value is -2.22. The zero-order valence-corrected chi connectivity index (χ0v) is 18.7. The van der Waals surface area contributed by atoms with E-state index in [9.17, 15) is 18.0 Å². The number of aryl methyl sites for hydroxylation is 1. The summed E-state index contributed by atoms with van der Waals surface area (Å²) < 4.78 is 23.6. The molecule has 1 aromatic rings. The van der Waals surface area contributed by atoms with Gasteiger partial charge in [-0.05, 0) is 29.9 Å². The third kappa shape index (κ3) is 5.28. The van der Waals surface area contributed by atoms with E-state index in [1.165, 1.54) is 10.6 Å². The van der Waals surface area contributed by atoms with E-state index in [2.05, 4.69) is 41.6 Å². The van der Waals surface area contributed by atoms with Crippen molar-refractivity contribution in [1.82, 2.24) is 10.3 Å². The molecule has 0 aromatic heterocycles. The van der Waals surface area contributed by atoms with Crippen LogP contribution < -0.4 is 5.32 Å². The molecule has 2 heterocycles. The number of carbonyl (C=O) groups excluding carboxylic acids is 2. The number of hydrazone groups is 1. The lowest BCUT2D eigenvalue weighted by Crippen LogP contribution is -2.45. The lowest BCUT2D eigenvalue weighted by Gasteiger charge is -2.29. The van der Waals surface area contributed by atoms with Crippen molar-refractivity contribution in [3.8, 4) is 0 Å². The van der Waals surface area contributed by atoms with Gasteiger partial charge in [0.2, 0.25) is 5.91 Å². The molecule has 7 nitrogen and oxygen atoms in total. The van der Waals surface area contributed by atoms with Crippen molar-refractivity contribution < 1.29 is 18.0 Å². The Morgan fingerprint density at radius 2 is 1.93 bits per heavy atom. The van der Waals surface area contributed by atoms with Gasteiger partial charge in [-0.15, -0.1) is 0 Å². The Morgan fingerprint density at radius 1 is 1.23 bits per heavy atom. The first kappa shape index (κ1) is 22.5. The maximum atomic E-state index is 13.0. The van der Waals surface area contributed by atoms with E-state index in [1.54, 1.807) is 0 Å². The number of nitrogens with zero attached hydrogens (tertiary/aromatic N) is 2. The number of hydrogen-bond donors (Lipinski definition) is 1. The molecule has 1 aromatic carbocycles. The number of benzene rings is 1. The van der Waals surface area contributed by atoms with Crippen molar-refractivity contribution in [2.75, 3.05) is 11.5 Å². The second-order valence-electron chi connectivity index (χ2n) is 8.53. The molecule has 0 aliphatic carbocycles. The van der Waals surface area contributed by atoms with Crippen molar-refractivity contribution in [1.29, 1.82) is 0 Å². The van der Waals surface area contributed by atoms with E-state index in [4.69, 9.17) is 0 Å². The molecule has 1 N–H and O–H groups in total. The molecule has 2 atom stereocenters. The summed E-state index contributed by atoms with van der Waals surface area (Å²) in [5.74, 6) is -0.379. The van der Waals surface area contributed by atoms with E-state index >= 15 is 0 Å². The summed E-state index contributed by atoms with van der Waals surface area (Å²) in [7, 11) is -3.14. The predicted molar refractivity (Wildman–Crippen MR) is 117 cm³/mol. The first-order chi connectivity index (χ1) is 14.2. The molecule has 164 valence electrons. The fourth-order valence-corrected chi connectivity index (χ4v) is 5.72. The van der Waals surface area contributed by atoms with Crippen LogP contribution in [0.2, 0.25) is 0 Å². The summed E-state index contributed by atoms with van der Waals surface area (Å²) in [6, 6.07) is 7.65. The second-order valence-corrected chi connectivity index (χ2v) is 10.8. The maximum Gasteiger partial charge on any atom is 0.267 e. The highest BCUT2D eigenvalue weighted by Gasteiger charge is 2.37. The van der Waals surface area contributed by atoms with Crippen LogP contribution in [0.4, 0.5) is 0 Å². The highest BCUT2D eigenvalue weighted by Crippen LogP contribution is 2.25. The smallest absolute Gasteiger partial charge is 0.267 e. The third-order valence-corrected chi connectivity index (χ3v) is 7.46. The van der Waals surface area contributed by atoms with Gasteiger partial charge in [-0.2, -0.15) is 5.10 Å². The quantitative estimate of drug-likeness (QED) is 0.715. The SMILES string of the molecule is CCCc1ccc(C(NC(=O)C2=NN(C3CCS(=O)(=O)C3)C(=O)CC2)C(C)C)cc1. The van der Waals surface area contributed by atoms with Gasteiger partial charge in [0.25, 0.3) is 5.91 Å². The highest BCUT2D eigenvalue weighted by molar-refractivity contribution is 7.91. The Bertz CT molecular complexity index is 922. The van der Waals surface area contributed by atoms with Gasteiger partial charge in [0.15, 0.2) is 9.84 Å². The van der Waals surface area contributed by atoms with E-state index < -0.39 is 15.9 Å². The molecule has 0 saturated carbocycles. The summed E-state index contributed by atoms with van der Waals surface area (Å²) in [4.78, 5) is 25.2. The van der Waals surface area contributed by atoms with Gasteiger partial charge in [-0.3, -0.25) is 9.59 Å². The normalized spacial score (nSPS) is 22.1. The minimum atomic E-state index is -3.14. The van der Waals surface area contributed by atoms with Gasteiger partial charge >= 0.3 is 0 Å². The molecule has 0 spiro atoms. The fraction of sp³-hybridized carbons (Fsp3) is 0.591. The van der Waals surface area contributed by atoms with Crippen LogP contribution in [0.5, 0.6) is 0 Å². The molecule has 3 rings (SSSR count). The molecule has 2 aliphatic heterocycles. The van der Waals surface area contributed by atoms with Crippen LogP contribution in [0, 0.1) is 5.92 Å². The monoisotopic (exact) mass is 433 g/mol. The Kier molecular flexibility index (Phi) is 6.95. The molecule has 30 heavy (non-hydrogen) atoms. The van der Waals surface area contributed by atoms with Gasteiger partial charge in [-0.25, -0.2) is 13.4 Å². The molecule has 8 heteroatoms. The number of rotatable bonds is 7. The standard InChI is InChI=1S/C22H31N3O4S/c1-4-5-16-6-8-17(9-7-16)21(15(2)3)23-22(27)19-10-11-20(26)25(24-19)18-12-13-30(28,29)14-18/h6-9,15,18,21H,4-5,10-14H2,1-3H3,(H,23,27). The number of amides is 2. The van der Waals surface area contributed by atoms with Crippen LogP contribution in [0.25, 0.3) is 0 Å². The van der Waals surface area contributed by atoms with Crippen molar-refractivity contribution in [3.63, 3.8) is 0 Å². The zero-order valence-electron chi connectivity index (χ0n) is 17.9. The first-order valence-corrected chi connectivity index (χ1v) is 12.5. The van der Waals surface area contributed by atoms with Gasteiger partial charge in [0, 0.05) is 12.8 Å². The lowest BCUT2D eigenvalue weighted by atomic mass is 9.94. The van der Waals surface area contributed by atoms with Crippen LogP contribution in [0.3, 0.4) is 0 Å². The largest absolute Gasteiger partial charge is 0.344 e. The minimum Gasteiger partial charge on any atom is -0.344 e. The van der Waals surface area contributed by atoms with Crippen LogP contribution in [-0.4, -0.2) is 48.5 Å². The van der Waals surface area contributed by atoms with Gasteiger partial charge in [-0.1, -0.05) is 51.5 Å². The van der Waals surface area contributed by atoms with Gasteiger partial charge < -0.3 is 5.32 Å². The molecule has 2 unspecified atom stereocenters. The fourth-order valence-electron chi connectivity index (χ4n) is 4.03. The average molecular weight is 434 g/mol. The second kappa shape index (κ2) is 9.29. The predicted octanol–water partition coefficient (Wildman–Crippen LogP) is 2.62. The summed E-state index contributed by atoms with van der Waals surface area (Å²) in [6.07, 6.45) is 2.91. The highest BCUT2D eigenvalue weighted by atomic mass is 32.2. The van der Waals surface area contributed by atoms with Gasteiger partial charge in [0.05, 0.1) is 23.6 Å². The Labute approximate surface area is 178 Å². The van der Waals surface area contributed by atoms with Crippen LogP contribution in [0.15, 0.2) is 29.4 Å². The van der Waals surface area contributed by atoms with E-state index in [1.807, 2.05) is 13.8 Å². The van der Waals surface area contributed by atoms with Gasteiger partial charge in [0.1, 0.15) is 5.71 Å². The molecular formula is C22H31N3O4S. The number of carbonyl (C=O) groups is 2. The van der Waals surface area contributed by atoms with E-state index in [0.717, 1.165) is 18.4 Å². The molecule has 2 amide bonds. The maximum absolute atomic E-state index is 13.0. The summed E-state index contributed by atoms with van der Waals surface area (Å²) in [5.41, 5.74) is 2.59. The van der Waals surface area contributed by atoms with Crippen molar-refractivity contribution in [3.05, 3.63) is 35.4 Å². The Balaban J connectivity index is 1.75. The molecule has 1 fully saturated rings. The number of sulfone groups is 1. The number of hydrogen-bond acceptors (Lipinski definition) is 5. The van der Waals surface area contributed by atoms with Crippen LogP contribution >= 0.6 is 0 Å². The van der Waals surface area contributed by atoms with Crippen LogP contribution in [-0.2, 0) is 25.8 Å². The molecular weight excluding hydrogens is 402 g/mol. The third-order valence-electron chi connectivity index (χ3n) is 5.71.